The molecular weight excluding hydrogens is 326 g/mol. The molecule has 1 N–H and O–H groups in total. The number of hydrogen-bond acceptors (Lipinski definition) is 4. The van der Waals surface area contributed by atoms with Gasteiger partial charge in [-0.25, -0.2) is 0 Å². The van der Waals surface area contributed by atoms with Gasteiger partial charge in [-0.15, -0.1) is 0 Å². The first-order valence-electron chi connectivity index (χ1n) is 8.35. The van der Waals surface area contributed by atoms with Crippen molar-refractivity contribution in [2.24, 2.45) is 7.05 Å². The van der Waals surface area contributed by atoms with Crippen molar-refractivity contribution in [2.45, 2.75) is 31.6 Å². The van der Waals surface area contributed by atoms with Gasteiger partial charge in [0.15, 0.2) is 0 Å². The molecule has 0 saturated carbocycles. The van der Waals surface area contributed by atoms with E-state index in [-0.39, 0.29) is 0 Å². The number of halogens is 1. The first kappa shape index (κ1) is 17.4. The third kappa shape index (κ3) is 4.36. The Kier molecular flexibility index (Phi) is 5.89. The highest BCUT2D eigenvalue weighted by atomic mass is 35.5. The second kappa shape index (κ2) is 8.12. The van der Waals surface area contributed by atoms with Gasteiger partial charge < -0.3 is 9.84 Å². The number of aliphatic hydroxyl groups excluding tert-OH is 1. The van der Waals surface area contributed by atoms with Crippen molar-refractivity contribution in [3.8, 4) is 0 Å². The molecule has 1 fully saturated rings. The van der Waals surface area contributed by atoms with Crippen LogP contribution in [-0.4, -0.2) is 45.6 Å². The smallest absolute Gasteiger partial charge is 0.0900 e. The molecule has 0 spiro atoms. The molecule has 0 amide bonds. The van der Waals surface area contributed by atoms with E-state index in [1.807, 2.05) is 42.2 Å². The van der Waals surface area contributed by atoms with Gasteiger partial charge in [0, 0.05) is 36.4 Å². The topological polar surface area (TPSA) is 50.5 Å². The predicted molar refractivity (Wildman–Crippen MR) is 93.9 cm³/mol. The van der Waals surface area contributed by atoms with Gasteiger partial charge in [-0.2, -0.15) is 5.10 Å². The Morgan fingerprint density at radius 3 is 3.00 bits per heavy atom. The van der Waals surface area contributed by atoms with E-state index in [1.54, 1.807) is 0 Å². The summed E-state index contributed by atoms with van der Waals surface area (Å²) in [5.41, 5.74) is 2.17. The zero-order valence-corrected chi connectivity index (χ0v) is 14.7. The van der Waals surface area contributed by atoms with Crippen LogP contribution in [0.15, 0.2) is 36.7 Å². The highest BCUT2D eigenvalue weighted by Crippen LogP contribution is 2.31. The van der Waals surface area contributed by atoms with Crippen LogP contribution in [0.25, 0.3) is 0 Å². The number of β-amino-alcohol motifs (C(OH)–C–C–N with tert-alkyl or cyclic N) is 1. The summed E-state index contributed by atoms with van der Waals surface area (Å²) in [6.45, 7) is 2.34. The van der Waals surface area contributed by atoms with Gasteiger partial charge in [0.1, 0.15) is 0 Å². The number of nitrogens with zero attached hydrogens (tertiary/aromatic N) is 3. The van der Waals surface area contributed by atoms with E-state index in [1.165, 1.54) is 5.56 Å². The fourth-order valence-electron chi connectivity index (χ4n) is 3.28. The normalized spacial score (nSPS) is 19.7. The number of aliphatic hydroxyl groups is 1. The number of aromatic nitrogens is 2. The molecule has 0 unspecified atom stereocenters. The van der Waals surface area contributed by atoms with E-state index in [0.29, 0.717) is 30.8 Å². The Morgan fingerprint density at radius 1 is 1.42 bits per heavy atom. The quantitative estimate of drug-likeness (QED) is 0.835. The van der Waals surface area contributed by atoms with E-state index in [9.17, 15) is 5.11 Å². The van der Waals surface area contributed by atoms with Crippen LogP contribution in [-0.2, 0) is 18.4 Å². The molecule has 0 bridgehead atoms. The number of ether oxygens (including phenoxy) is 1. The average molecular weight is 350 g/mol. The largest absolute Gasteiger partial charge is 0.389 e. The maximum Gasteiger partial charge on any atom is 0.0900 e. The maximum absolute atomic E-state index is 10.3. The Morgan fingerprint density at radius 2 is 2.25 bits per heavy atom. The van der Waals surface area contributed by atoms with E-state index >= 15 is 0 Å². The molecule has 0 aliphatic carbocycles. The maximum atomic E-state index is 10.3. The van der Waals surface area contributed by atoms with Crippen LogP contribution in [0.4, 0.5) is 0 Å². The lowest BCUT2D eigenvalue weighted by atomic mass is 10.1. The number of hydrogen-bond donors (Lipinski definition) is 1. The second-order valence-electron chi connectivity index (χ2n) is 6.36. The van der Waals surface area contributed by atoms with Crippen molar-refractivity contribution in [2.75, 3.05) is 19.7 Å². The summed E-state index contributed by atoms with van der Waals surface area (Å²) in [5.74, 6) is 0. The minimum atomic E-state index is -0.509. The lowest BCUT2D eigenvalue weighted by molar-refractivity contribution is 0.00773. The third-order valence-corrected chi connectivity index (χ3v) is 4.81. The van der Waals surface area contributed by atoms with Crippen LogP contribution in [0.1, 0.15) is 30.0 Å². The minimum absolute atomic E-state index is 0.307. The first-order chi connectivity index (χ1) is 11.6. The van der Waals surface area contributed by atoms with Gasteiger partial charge in [0.05, 0.1) is 25.5 Å². The van der Waals surface area contributed by atoms with Crippen LogP contribution >= 0.6 is 11.6 Å². The zero-order chi connectivity index (χ0) is 16.9. The fraction of sp³-hybridized carbons (Fsp3) is 0.500. The molecule has 1 aromatic heterocycles. The predicted octanol–water partition coefficient (Wildman–Crippen LogP) is 2.79. The Bertz CT molecular complexity index is 661. The number of rotatable bonds is 7. The molecule has 6 heteroatoms. The highest BCUT2D eigenvalue weighted by Gasteiger charge is 2.28. The van der Waals surface area contributed by atoms with Gasteiger partial charge in [0.25, 0.3) is 0 Å². The summed E-state index contributed by atoms with van der Waals surface area (Å²) >= 11 is 6.11. The van der Waals surface area contributed by atoms with Gasteiger partial charge in [-0.3, -0.25) is 9.58 Å². The molecule has 0 radical (unpaired) electrons. The van der Waals surface area contributed by atoms with Crippen LogP contribution in [0, 0.1) is 0 Å². The van der Waals surface area contributed by atoms with Crippen LogP contribution in [0.2, 0.25) is 5.02 Å². The molecule has 1 aliphatic rings. The SMILES string of the molecule is Cn1cc([C@H]2CCCN2C[C@H](O)COCc2ccccc2Cl)cn1. The van der Waals surface area contributed by atoms with Crippen molar-refractivity contribution < 1.29 is 9.84 Å². The molecular formula is C18H24ClN3O2. The Balaban J connectivity index is 1.47. The number of benzene rings is 1. The first-order valence-corrected chi connectivity index (χ1v) is 8.73. The van der Waals surface area contributed by atoms with Crippen molar-refractivity contribution in [1.82, 2.24) is 14.7 Å². The van der Waals surface area contributed by atoms with Crippen molar-refractivity contribution in [1.29, 1.82) is 0 Å². The van der Waals surface area contributed by atoms with E-state index in [0.717, 1.165) is 24.9 Å². The molecule has 2 atom stereocenters. The Labute approximate surface area is 147 Å². The highest BCUT2D eigenvalue weighted by molar-refractivity contribution is 6.31. The van der Waals surface area contributed by atoms with Gasteiger partial charge >= 0.3 is 0 Å². The summed E-state index contributed by atoms with van der Waals surface area (Å²) in [4.78, 5) is 2.32. The summed E-state index contributed by atoms with van der Waals surface area (Å²) in [6.07, 6.45) is 5.72. The van der Waals surface area contributed by atoms with Crippen molar-refractivity contribution in [3.05, 3.63) is 52.8 Å². The lowest BCUT2D eigenvalue weighted by Crippen LogP contribution is -2.34. The monoisotopic (exact) mass is 349 g/mol. The zero-order valence-electron chi connectivity index (χ0n) is 13.9. The van der Waals surface area contributed by atoms with E-state index < -0.39 is 6.10 Å². The Hall–Kier alpha value is -1.40. The number of aryl methyl sites for hydroxylation is 1. The van der Waals surface area contributed by atoms with E-state index in [2.05, 4.69) is 16.2 Å². The summed E-state index contributed by atoms with van der Waals surface area (Å²) < 4.78 is 7.47. The molecule has 2 aromatic rings. The van der Waals surface area contributed by atoms with Gasteiger partial charge in [0.2, 0.25) is 0 Å². The van der Waals surface area contributed by atoms with Crippen LogP contribution in [0.5, 0.6) is 0 Å². The van der Waals surface area contributed by atoms with Crippen LogP contribution in [0.3, 0.4) is 0 Å². The van der Waals surface area contributed by atoms with E-state index in [4.69, 9.17) is 16.3 Å². The molecule has 2 heterocycles. The fourth-order valence-corrected chi connectivity index (χ4v) is 3.47. The third-order valence-electron chi connectivity index (χ3n) is 4.44. The lowest BCUT2D eigenvalue weighted by Gasteiger charge is -2.26. The molecule has 1 aliphatic heterocycles. The van der Waals surface area contributed by atoms with Crippen molar-refractivity contribution >= 4 is 11.6 Å². The van der Waals surface area contributed by atoms with Gasteiger partial charge in [-0.05, 0) is 31.0 Å². The van der Waals surface area contributed by atoms with Crippen LogP contribution < -0.4 is 0 Å². The molecule has 1 saturated heterocycles. The van der Waals surface area contributed by atoms with Crippen molar-refractivity contribution in [3.63, 3.8) is 0 Å². The molecule has 5 nitrogen and oxygen atoms in total. The summed E-state index contributed by atoms with van der Waals surface area (Å²) in [6, 6.07) is 7.96. The van der Waals surface area contributed by atoms with Gasteiger partial charge in [-0.1, -0.05) is 29.8 Å². The standard InChI is InChI=1S/C18H24ClN3O2/c1-21-10-15(9-20-21)18-7-4-8-22(18)11-16(23)13-24-12-14-5-2-3-6-17(14)19/h2-3,5-6,9-10,16,18,23H,4,7-8,11-13H2,1H3/t16-,18+/m0/s1. The molecule has 1 aromatic carbocycles. The average Bonchev–Trinajstić information content (AvgIpc) is 3.18. The minimum Gasteiger partial charge on any atom is -0.389 e. The molecule has 24 heavy (non-hydrogen) atoms. The second-order valence-corrected chi connectivity index (χ2v) is 6.77. The molecule has 130 valence electrons. The molecule has 3 rings (SSSR count). The summed E-state index contributed by atoms with van der Waals surface area (Å²) in [7, 11) is 1.93. The summed E-state index contributed by atoms with van der Waals surface area (Å²) in [5, 5.41) is 15.3. The number of likely N-dealkylation sites (tertiary alicyclic amines) is 1.